The molecule has 3 nitrogen and oxygen atoms in total. The van der Waals surface area contributed by atoms with Crippen LogP contribution < -0.4 is 5.30 Å². The van der Waals surface area contributed by atoms with Gasteiger partial charge in [-0.15, -0.1) is 0 Å². The minimum absolute atomic E-state index is 0.365. The summed E-state index contributed by atoms with van der Waals surface area (Å²) in [5, 5.41) is 0.365. The monoisotopic (exact) mass is 467 g/mol. The Labute approximate surface area is 199 Å². The molecule has 4 heteroatoms. The van der Waals surface area contributed by atoms with Gasteiger partial charge in [-0.3, -0.25) is 0 Å². The van der Waals surface area contributed by atoms with E-state index in [1.807, 2.05) is 6.07 Å². The van der Waals surface area contributed by atoms with E-state index in [2.05, 4.69) is 34.6 Å². The molecule has 0 atom stereocenters. The summed E-state index contributed by atoms with van der Waals surface area (Å²) in [5.41, 5.74) is 3.59. The summed E-state index contributed by atoms with van der Waals surface area (Å²) in [6.45, 7) is 11.2. The molecule has 1 aromatic rings. The summed E-state index contributed by atoms with van der Waals surface area (Å²) in [4.78, 5) is 30.0. The van der Waals surface area contributed by atoms with Crippen LogP contribution in [0, 0.1) is 11.8 Å². The fourth-order valence-electron chi connectivity index (χ4n) is 4.73. The molecular weight excluding hydrogens is 415 g/mol. The van der Waals surface area contributed by atoms with Crippen LogP contribution in [0.25, 0.3) is 0 Å². The van der Waals surface area contributed by atoms with Crippen molar-refractivity contribution in [1.82, 2.24) is 0 Å². The molecule has 1 rings (SSSR count). The largest absolute Gasteiger partial charge is 0.441 e. The summed E-state index contributed by atoms with van der Waals surface area (Å²) in [7, 11) is -3.98. The van der Waals surface area contributed by atoms with Gasteiger partial charge in [-0.1, -0.05) is 105 Å². The molecule has 0 fully saturated rings. The van der Waals surface area contributed by atoms with Crippen molar-refractivity contribution in [3.05, 3.63) is 28.8 Å². The second kappa shape index (κ2) is 16.2. The maximum absolute atomic E-state index is 9.99. The molecule has 0 aromatic heterocycles. The zero-order chi connectivity index (χ0) is 24.0. The normalized spacial score (nSPS) is 12.3. The highest BCUT2D eigenvalue weighted by atomic mass is 31.2. The quantitative estimate of drug-likeness (QED) is 0.153. The van der Waals surface area contributed by atoms with Gasteiger partial charge in [-0.25, -0.2) is 0 Å². The molecule has 0 radical (unpaired) electrons. The van der Waals surface area contributed by atoms with Crippen molar-refractivity contribution in [3.63, 3.8) is 0 Å². The number of unbranched alkanes of at least 4 members (excludes halogenated alkanes) is 8. The van der Waals surface area contributed by atoms with Gasteiger partial charge in [0.05, 0.1) is 0 Å². The number of hydrogen-bond acceptors (Lipinski definition) is 3. The lowest BCUT2D eigenvalue weighted by molar-refractivity contribution is 0.346. The first-order chi connectivity index (χ1) is 15.2. The average molecular weight is 468 g/mol. The van der Waals surface area contributed by atoms with Gasteiger partial charge in [0.25, 0.3) is 0 Å². The van der Waals surface area contributed by atoms with E-state index in [9.17, 15) is 14.7 Å². The molecule has 0 unspecified atom stereocenters. The first-order valence-electron chi connectivity index (χ1n) is 13.4. The minimum atomic E-state index is -3.98. The predicted octanol–water partition coefficient (Wildman–Crippen LogP) is 7.69. The van der Waals surface area contributed by atoms with Crippen LogP contribution in [-0.2, 0) is 19.3 Å². The molecule has 32 heavy (non-hydrogen) atoms. The van der Waals surface area contributed by atoms with Gasteiger partial charge in [-0.05, 0) is 61.1 Å². The average Bonchev–Trinajstić information content (AvgIpc) is 2.71. The smallest absolute Gasteiger partial charge is 0.189 e. The van der Waals surface area contributed by atoms with Gasteiger partial charge < -0.3 is 0 Å². The van der Waals surface area contributed by atoms with Crippen molar-refractivity contribution < 1.29 is 14.7 Å². The van der Waals surface area contributed by atoms with Crippen LogP contribution in [0.4, 0.5) is 0 Å². The van der Waals surface area contributed by atoms with Crippen LogP contribution in [0.2, 0.25) is 0 Å². The molecule has 0 aliphatic heterocycles. The lowest BCUT2D eigenvalue weighted by atomic mass is 9.91. The van der Waals surface area contributed by atoms with Crippen LogP contribution in [0.1, 0.15) is 128 Å². The number of benzene rings is 1. The topological polar surface area (TPSA) is 60.7 Å². The summed E-state index contributed by atoms with van der Waals surface area (Å²) in [6.07, 6.45) is 18.1. The maximum atomic E-state index is 9.99. The SMILES string of the molecule is CCc1c([P+](O)(O)O)ccc(CCCCCCCC(C)C)c1CCCCCCCC(C)C. The van der Waals surface area contributed by atoms with E-state index in [1.54, 1.807) is 6.07 Å². The lowest BCUT2D eigenvalue weighted by Crippen LogP contribution is -2.19. The van der Waals surface area contributed by atoms with Crippen molar-refractivity contribution >= 4 is 13.2 Å². The number of rotatable bonds is 18. The van der Waals surface area contributed by atoms with Crippen molar-refractivity contribution in [1.29, 1.82) is 0 Å². The highest BCUT2D eigenvalue weighted by molar-refractivity contribution is 7.66. The van der Waals surface area contributed by atoms with E-state index in [4.69, 9.17) is 0 Å². The number of aryl methyl sites for hydroxylation is 1. The highest BCUT2D eigenvalue weighted by Gasteiger charge is 2.37. The zero-order valence-electron chi connectivity index (χ0n) is 21.7. The Hall–Kier alpha value is -0.470. The summed E-state index contributed by atoms with van der Waals surface area (Å²) in [6, 6.07) is 3.81. The van der Waals surface area contributed by atoms with Gasteiger partial charge in [-0.2, -0.15) is 14.7 Å². The van der Waals surface area contributed by atoms with Gasteiger partial charge in [0.1, 0.15) is 0 Å². The van der Waals surface area contributed by atoms with Crippen molar-refractivity contribution in [2.45, 2.75) is 131 Å². The molecule has 186 valence electrons. The molecule has 1 aromatic carbocycles. The first-order valence-corrected chi connectivity index (χ1v) is 15.0. The molecule has 0 heterocycles. The molecule has 0 bridgehead atoms. The molecule has 0 aliphatic rings. The maximum Gasteiger partial charge on any atom is 0.441 e. The first kappa shape index (κ1) is 29.6. The molecule has 0 aliphatic carbocycles. The minimum Gasteiger partial charge on any atom is -0.189 e. The van der Waals surface area contributed by atoms with E-state index < -0.39 is 7.94 Å². The third kappa shape index (κ3) is 12.1. The molecule has 0 saturated carbocycles. The predicted molar refractivity (Wildman–Crippen MR) is 142 cm³/mol. The van der Waals surface area contributed by atoms with Crippen molar-refractivity contribution in [3.8, 4) is 0 Å². The molecule has 3 N–H and O–H groups in total. The Balaban J connectivity index is 2.68. The van der Waals surface area contributed by atoms with Gasteiger partial charge >= 0.3 is 7.94 Å². The lowest BCUT2D eigenvalue weighted by Gasteiger charge is -2.18. The summed E-state index contributed by atoms with van der Waals surface area (Å²) in [5.74, 6) is 1.60. The van der Waals surface area contributed by atoms with E-state index in [0.29, 0.717) is 5.30 Å². The second-order valence-electron chi connectivity index (χ2n) is 10.5. The van der Waals surface area contributed by atoms with Crippen LogP contribution in [0.5, 0.6) is 0 Å². The van der Waals surface area contributed by atoms with E-state index in [-0.39, 0.29) is 0 Å². The van der Waals surface area contributed by atoms with E-state index >= 15 is 0 Å². The Morgan fingerprint density at radius 2 is 1.09 bits per heavy atom. The zero-order valence-corrected chi connectivity index (χ0v) is 22.6. The fraction of sp³-hybridized carbons (Fsp3) is 0.786. The van der Waals surface area contributed by atoms with E-state index in [0.717, 1.165) is 43.1 Å². The highest BCUT2D eigenvalue weighted by Crippen LogP contribution is 2.45. The van der Waals surface area contributed by atoms with Crippen LogP contribution in [-0.4, -0.2) is 14.7 Å². The van der Waals surface area contributed by atoms with Crippen LogP contribution in [0.15, 0.2) is 12.1 Å². The molecule has 0 amide bonds. The van der Waals surface area contributed by atoms with Gasteiger partial charge in [0.15, 0.2) is 5.30 Å². The van der Waals surface area contributed by atoms with Gasteiger partial charge in [0.2, 0.25) is 0 Å². The standard InChI is InChI=1S/C28H52O3P/c1-6-26-27(20-16-12-8-10-14-18-24(4)5)25(21-22-28(26)32(29,30)31)19-15-11-7-9-13-17-23(2)3/h21-24,29-31H,6-20H2,1-5H3/q+1. The summed E-state index contributed by atoms with van der Waals surface area (Å²) < 4.78 is 0. The Kier molecular flexibility index (Phi) is 15.0. The van der Waals surface area contributed by atoms with Crippen molar-refractivity contribution in [2.75, 3.05) is 0 Å². The third-order valence-electron chi connectivity index (χ3n) is 6.62. The van der Waals surface area contributed by atoms with Crippen LogP contribution in [0.3, 0.4) is 0 Å². The van der Waals surface area contributed by atoms with E-state index in [1.165, 1.54) is 81.8 Å². The fourth-order valence-corrected chi connectivity index (χ4v) is 5.66. The van der Waals surface area contributed by atoms with Gasteiger partial charge in [0, 0.05) is 5.56 Å². The third-order valence-corrected chi connectivity index (χ3v) is 7.68. The molecular formula is C28H52O3P+. The molecule has 0 spiro atoms. The summed E-state index contributed by atoms with van der Waals surface area (Å²) >= 11 is 0. The number of hydrogen-bond donors (Lipinski definition) is 3. The van der Waals surface area contributed by atoms with Crippen molar-refractivity contribution in [2.24, 2.45) is 11.8 Å². The van der Waals surface area contributed by atoms with Crippen LogP contribution >= 0.6 is 7.94 Å². The molecule has 0 saturated heterocycles. The second-order valence-corrected chi connectivity index (χ2v) is 12.1. The Bertz CT molecular complexity index is 620. The Morgan fingerprint density at radius 1 is 0.625 bits per heavy atom. The Morgan fingerprint density at radius 3 is 1.56 bits per heavy atom.